The lowest BCUT2D eigenvalue weighted by Crippen LogP contribution is -2.35. The van der Waals surface area contributed by atoms with Gasteiger partial charge in [-0.15, -0.1) is 0 Å². The van der Waals surface area contributed by atoms with Crippen LogP contribution in [0.1, 0.15) is 62.9 Å². The average molecular weight is 302 g/mol. The molecule has 0 radical (unpaired) electrons. The third-order valence-corrected chi connectivity index (χ3v) is 4.09. The van der Waals surface area contributed by atoms with E-state index in [1.807, 2.05) is 45.2 Å². The first-order chi connectivity index (χ1) is 10.2. The van der Waals surface area contributed by atoms with Gasteiger partial charge in [-0.25, -0.2) is 0 Å². The highest BCUT2D eigenvalue weighted by atomic mass is 16.1. The molecule has 0 aromatic heterocycles. The van der Waals surface area contributed by atoms with Crippen LogP contribution in [0, 0.1) is 0 Å². The second kappa shape index (κ2) is 7.43. The van der Waals surface area contributed by atoms with Crippen molar-refractivity contribution in [3.63, 3.8) is 0 Å². The Kier molecular flexibility index (Phi) is 6.15. The van der Waals surface area contributed by atoms with Crippen molar-refractivity contribution in [2.24, 2.45) is 5.11 Å². The maximum Gasteiger partial charge on any atom is 0.162 e. The number of carbonyl (C=O) groups is 1. The van der Waals surface area contributed by atoms with E-state index >= 15 is 0 Å². The average Bonchev–Trinajstić information content (AvgIpc) is 2.47. The lowest BCUT2D eigenvalue weighted by Gasteiger charge is -2.23. The van der Waals surface area contributed by atoms with Gasteiger partial charge in [0.2, 0.25) is 0 Å². The van der Waals surface area contributed by atoms with Gasteiger partial charge in [-0.2, -0.15) is 0 Å². The molecule has 0 atom stereocenters. The summed E-state index contributed by atoms with van der Waals surface area (Å²) in [4.78, 5) is 15.1. The zero-order valence-electron chi connectivity index (χ0n) is 14.2. The molecule has 0 heterocycles. The molecular weight excluding hydrogens is 276 g/mol. The first-order valence-electron chi connectivity index (χ1n) is 7.61. The number of hydrogen-bond donors (Lipinski definition) is 1. The zero-order valence-corrected chi connectivity index (χ0v) is 14.2. The van der Waals surface area contributed by atoms with Gasteiger partial charge in [0, 0.05) is 22.4 Å². The number of nitrogens with one attached hydrogen (secondary N) is 1. The Morgan fingerprint density at radius 2 is 1.82 bits per heavy atom. The predicted molar refractivity (Wildman–Crippen MR) is 89.9 cm³/mol. The van der Waals surface area contributed by atoms with Crippen molar-refractivity contribution in [3.05, 3.63) is 45.8 Å². The van der Waals surface area contributed by atoms with Gasteiger partial charge in [0.25, 0.3) is 0 Å². The predicted octanol–water partition coefficient (Wildman–Crippen LogP) is 4.58. The molecule has 0 aliphatic carbocycles. The molecular formula is C17H26N4O. The second-order valence-electron chi connectivity index (χ2n) is 6.74. The lowest BCUT2D eigenvalue weighted by molar-refractivity contribution is 0.0977. The van der Waals surface area contributed by atoms with Gasteiger partial charge < -0.3 is 5.32 Å². The Morgan fingerprint density at radius 1 is 1.23 bits per heavy atom. The lowest BCUT2D eigenvalue weighted by atomic mass is 9.92. The van der Waals surface area contributed by atoms with Gasteiger partial charge in [-0.1, -0.05) is 43.2 Å². The van der Waals surface area contributed by atoms with Crippen molar-refractivity contribution in [2.45, 2.75) is 58.0 Å². The molecule has 1 aromatic carbocycles. The first-order valence-corrected chi connectivity index (χ1v) is 7.61. The molecule has 5 nitrogen and oxygen atoms in total. The highest BCUT2D eigenvalue weighted by Crippen LogP contribution is 2.25. The topological polar surface area (TPSA) is 77.9 Å². The molecule has 1 rings (SSSR count). The molecule has 0 saturated heterocycles. The van der Waals surface area contributed by atoms with Crippen LogP contribution in [-0.2, 0) is 5.54 Å². The number of Topliss-reactive ketones (excluding diaryl/α,β-unsaturated/α-hetero) is 1. The number of azide groups is 1. The SMILES string of the molecule is CNC(C)(C)CCCC(=O)c1ccc(C(C)(C)N=[N+]=[N-])cc1. The molecule has 22 heavy (non-hydrogen) atoms. The van der Waals surface area contributed by atoms with Gasteiger partial charge in [-0.05, 0) is 44.8 Å². The highest BCUT2D eigenvalue weighted by Gasteiger charge is 2.19. The summed E-state index contributed by atoms with van der Waals surface area (Å²) in [7, 11) is 1.94. The largest absolute Gasteiger partial charge is 0.315 e. The normalized spacial score (nSPS) is 11.9. The van der Waals surface area contributed by atoms with Crippen LogP contribution >= 0.6 is 0 Å². The fraction of sp³-hybridized carbons (Fsp3) is 0.588. The van der Waals surface area contributed by atoms with E-state index in [-0.39, 0.29) is 11.3 Å². The van der Waals surface area contributed by atoms with Gasteiger partial charge in [0.1, 0.15) is 0 Å². The molecule has 5 heteroatoms. The van der Waals surface area contributed by atoms with Gasteiger partial charge in [0.15, 0.2) is 5.78 Å². The minimum absolute atomic E-state index is 0.0590. The van der Waals surface area contributed by atoms with E-state index in [0.717, 1.165) is 18.4 Å². The van der Waals surface area contributed by atoms with Crippen molar-refractivity contribution >= 4 is 5.78 Å². The molecule has 0 amide bonds. The summed E-state index contributed by atoms with van der Waals surface area (Å²) in [5.74, 6) is 0.153. The van der Waals surface area contributed by atoms with Gasteiger partial charge >= 0.3 is 0 Å². The van der Waals surface area contributed by atoms with Gasteiger partial charge in [-0.3, -0.25) is 4.79 Å². The van der Waals surface area contributed by atoms with E-state index in [2.05, 4.69) is 29.2 Å². The number of ketones is 1. The number of hydrogen-bond acceptors (Lipinski definition) is 3. The van der Waals surface area contributed by atoms with E-state index in [1.165, 1.54) is 0 Å². The Balaban J connectivity index is 2.67. The van der Waals surface area contributed by atoms with Crippen LogP contribution in [0.5, 0.6) is 0 Å². The fourth-order valence-electron chi connectivity index (χ4n) is 2.19. The van der Waals surface area contributed by atoms with Crippen molar-refractivity contribution in [1.29, 1.82) is 0 Å². The van der Waals surface area contributed by atoms with Crippen LogP contribution in [0.15, 0.2) is 29.4 Å². The smallest absolute Gasteiger partial charge is 0.162 e. The monoisotopic (exact) mass is 302 g/mol. The van der Waals surface area contributed by atoms with Crippen molar-refractivity contribution in [1.82, 2.24) is 5.32 Å². The number of nitrogens with zero attached hydrogens (tertiary/aromatic N) is 3. The number of benzene rings is 1. The summed E-state index contributed by atoms with van der Waals surface area (Å²) < 4.78 is 0. The Bertz CT molecular complexity index is 555. The first kappa shape index (κ1) is 18.2. The summed E-state index contributed by atoms with van der Waals surface area (Å²) in [5, 5.41) is 7.02. The summed E-state index contributed by atoms with van der Waals surface area (Å²) in [6, 6.07) is 7.35. The van der Waals surface area contributed by atoms with E-state index in [0.29, 0.717) is 12.0 Å². The Labute approximate surface area is 132 Å². The van der Waals surface area contributed by atoms with Crippen LogP contribution in [0.25, 0.3) is 10.4 Å². The zero-order chi connectivity index (χ0) is 16.8. The Morgan fingerprint density at radius 3 is 2.32 bits per heavy atom. The second-order valence-corrected chi connectivity index (χ2v) is 6.74. The Hall–Kier alpha value is -1.84. The third-order valence-electron chi connectivity index (χ3n) is 4.09. The van der Waals surface area contributed by atoms with E-state index in [4.69, 9.17) is 5.53 Å². The van der Waals surface area contributed by atoms with Crippen LogP contribution in [0.4, 0.5) is 0 Å². The quantitative estimate of drug-likeness (QED) is 0.330. The maximum absolute atomic E-state index is 12.2. The van der Waals surface area contributed by atoms with Crippen LogP contribution in [-0.4, -0.2) is 18.4 Å². The minimum Gasteiger partial charge on any atom is -0.315 e. The van der Waals surface area contributed by atoms with Crippen LogP contribution < -0.4 is 5.32 Å². The minimum atomic E-state index is -0.604. The van der Waals surface area contributed by atoms with Crippen molar-refractivity contribution in [3.8, 4) is 0 Å². The summed E-state index contributed by atoms with van der Waals surface area (Å²) >= 11 is 0. The van der Waals surface area contributed by atoms with E-state index in [1.54, 1.807) is 0 Å². The summed E-state index contributed by atoms with van der Waals surface area (Å²) in [5.41, 5.74) is 9.66. The maximum atomic E-state index is 12.2. The highest BCUT2D eigenvalue weighted by molar-refractivity contribution is 5.96. The standard InChI is InChI=1S/C17H26N4O/c1-16(2,19-5)12-6-7-15(22)13-8-10-14(11-9-13)17(3,4)20-21-18/h8-11,19H,6-7,12H2,1-5H3. The molecule has 0 fully saturated rings. The molecule has 120 valence electrons. The fourth-order valence-corrected chi connectivity index (χ4v) is 2.19. The van der Waals surface area contributed by atoms with Crippen molar-refractivity contribution < 1.29 is 4.79 Å². The van der Waals surface area contributed by atoms with Gasteiger partial charge in [0.05, 0.1) is 5.54 Å². The molecule has 0 aliphatic rings. The summed E-state index contributed by atoms with van der Waals surface area (Å²) in [6.45, 7) is 7.96. The molecule has 1 aromatic rings. The molecule has 0 bridgehead atoms. The van der Waals surface area contributed by atoms with Crippen LogP contribution in [0.2, 0.25) is 0 Å². The number of rotatable bonds is 8. The molecule has 0 unspecified atom stereocenters. The third kappa shape index (κ3) is 5.17. The number of carbonyl (C=O) groups excluding carboxylic acids is 1. The van der Waals surface area contributed by atoms with E-state index < -0.39 is 5.54 Å². The summed E-state index contributed by atoms with van der Waals surface area (Å²) in [6.07, 6.45) is 2.36. The molecule has 0 spiro atoms. The molecule has 1 N–H and O–H groups in total. The van der Waals surface area contributed by atoms with Crippen molar-refractivity contribution in [2.75, 3.05) is 7.05 Å². The van der Waals surface area contributed by atoms with Crippen LogP contribution in [0.3, 0.4) is 0 Å². The molecule has 0 aliphatic heterocycles. The molecule has 0 saturated carbocycles. The van der Waals surface area contributed by atoms with E-state index in [9.17, 15) is 4.79 Å².